The van der Waals surface area contributed by atoms with Crippen LogP contribution in [0.3, 0.4) is 0 Å². The number of carbonyl (C=O) groups is 1. The molecule has 1 aromatic rings. The highest BCUT2D eigenvalue weighted by atomic mass is 16.2. The number of primary amides is 1. The summed E-state index contributed by atoms with van der Waals surface area (Å²) in [6.45, 7) is 0. The lowest BCUT2D eigenvalue weighted by atomic mass is 9.78. The largest absolute Gasteiger partial charge is 0.351 e. The SMILES string of the molecule is NC(=O)Nc1c(CC2CCC2)ccc2c1CC2. The molecule has 2 aliphatic rings. The van der Waals surface area contributed by atoms with Crippen molar-refractivity contribution in [1.82, 2.24) is 0 Å². The van der Waals surface area contributed by atoms with Gasteiger partial charge in [-0.1, -0.05) is 31.4 Å². The van der Waals surface area contributed by atoms with Crippen molar-refractivity contribution in [2.45, 2.75) is 38.5 Å². The summed E-state index contributed by atoms with van der Waals surface area (Å²) in [5.41, 5.74) is 10.2. The number of nitrogens with one attached hydrogen (secondary N) is 1. The summed E-state index contributed by atoms with van der Waals surface area (Å²) in [5, 5.41) is 2.83. The van der Waals surface area contributed by atoms with Gasteiger partial charge in [0.1, 0.15) is 0 Å². The summed E-state index contributed by atoms with van der Waals surface area (Å²) in [5.74, 6) is 0.807. The number of amides is 2. The minimum atomic E-state index is -0.444. The Balaban J connectivity index is 1.89. The van der Waals surface area contributed by atoms with E-state index in [9.17, 15) is 4.79 Å². The topological polar surface area (TPSA) is 55.1 Å². The molecule has 0 bridgehead atoms. The molecular weight excluding hydrogens is 212 g/mol. The van der Waals surface area contributed by atoms with E-state index >= 15 is 0 Å². The lowest BCUT2D eigenvalue weighted by molar-refractivity contribution is 0.259. The van der Waals surface area contributed by atoms with E-state index < -0.39 is 6.03 Å². The molecule has 0 heterocycles. The van der Waals surface area contributed by atoms with Crippen LogP contribution in [-0.2, 0) is 19.3 Å². The number of aryl methyl sites for hydroxylation is 1. The Morgan fingerprint density at radius 3 is 2.71 bits per heavy atom. The predicted octanol–water partition coefficient (Wildman–Crippen LogP) is 2.62. The van der Waals surface area contributed by atoms with E-state index in [-0.39, 0.29) is 0 Å². The summed E-state index contributed by atoms with van der Waals surface area (Å²) in [6.07, 6.45) is 7.30. The van der Waals surface area contributed by atoms with Crippen LogP contribution >= 0.6 is 0 Å². The van der Waals surface area contributed by atoms with Crippen LogP contribution in [0.1, 0.15) is 36.0 Å². The van der Waals surface area contributed by atoms with Crippen LogP contribution in [0.15, 0.2) is 12.1 Å². The monoisotopic (exact) mass is 230 g/mol. The van der Waals surface area contributed by atoms with Crippen molar-refractivity contribution in [3.63, 3.8) is 0 Å². The summed E-state index contributed by atoms with van der Waals surface area (Å²) >= 11 is 0. The lowest BCUT2D eigenvalue weighted by Crippen LogP contribution is -2.25. The van der Waals surface area contributed by atoms with Gasteiger partial charge in [-0.05, 0) is 41.9 Å². The third-order valence-corrected chi connectivity index (χ3v) is 4.12. The number of nitrogens with two attached hydrogens (primary N) is 1. The minimum absolute atomic E-state index is 0.444. The van der Waals surface area contributed by atoms with Crippen LogP contribution < -0.4 is 11.1 Å². The van der Waals surface area contributed by atoms with Crippen LogP contribution in [0, 0.1) is 5.92 Å². The van der Waals surface area contributed by atoms with Crippen molar-refractivity contribution in [2.24, 2.45) is 11.7 Å². The van der Waals surface area contributed by atoms with Gasteiger partial charge in [0.05, 0.1) is 0 Å². The average Bonchev–Trinajstić information content (AvgIpc) is 2.15. The van der Waals surface area contributed by atoms with Crippen molar-refractivity contribution in [3.8, 4) is 0 Å². The zero-order valence-electron chi connectivity index (χ0n) is 9.96. The number of hydrogen-bond acceptors (Lipinski definition) is 1. The molecule has 3 rings (SSSR count). The van der Waals surface area contributed by atoms with Crippen molar-refractivity contribution in [3.05, 3.63) is 28.8 Å². The molecule has 2 aliphatic carbocycles. The highest BCUT2D eigenvalue weighted by Crippen LogP contribution is 2.37. The number of anilines is 1. The molecule has 0 saturated heterocycles. The normalized spacial score (nSPS) is 17.9. The minimum Gasteiger partial charge on any atom is -0.351 e. The van der Waals surface area contributed by atoms with Crippen LogP contribution in [0.5, 0.6) is 0 Å². The second kappa shape index (κ2) is 4.06. The first-order valence-corrected chi connectivity index (χ1v) is 6.44. The first-order chi connectivity index (χ1) is 8.24. The highest BCUT2D eigenvalue weighted by molar-refractivity contribution is 5.90. The maximum absolute atomic E-state index is 11.1. The van der Waals surface area contributed by atoms with E-state index in [1.165, 1.54) is 36.0 Å². The molecule has 0 aromatic heterocycles. The standard InChI is InChI=1S/C14H18N2O/c15-14(17)16-13-11(8-9-2-1-3-9)5-4-10-6-7-12(10)13/h4-5,9H,1-3,6-8H2,(H3,15,16,17). The number of carbonyl (C=O) groups excluding carboxylic acids is 1. The van der Waals surface area contributed by atoms with Gasteiger partial charge >= 0.3 is 6.03 Å². The van der Waals surface area contributed by atoms with Crippen LogP contribution in [0.2, 0.25) is 0 Å². The number of hydrogen-bond donors (Lipinski definition) is 2. The van der Waals surface area contributed by atoms with Crippen LogP contribution in [0.4, 0.5) is 10.5 Å². The van der Waals surface area contributed by atoms with E-state index in [1.807, 2.05) is 0 Å². The molecule has 3 nitrogen and oxygen atoms in total. The van der Waals surface area contributed by atoms with E-state index in [2.05, 4.69) is 17.4 Å². The van der Waals surface area contributed by atoms with E-state index in [0.717, 1.165) is 30.9 Å². The fourth-order valence-electron chi connectivity index (χ4n) is 2.80. The first-order valence-electron chi connectivity index (χ1n) is 6.44. The Labute approximate surface area is 101 Å². The maximum atomic E-state index is 11.1. The highest BCUT2D eigenvalue weighted by Gasteiger charge is 2.24. The maximum Gasteiger partial charge on any atom is 0.316 e. The summed E-state index contributed by atoms with van der Waals surface area (Å²) in [6, 6.07) is 3.93. The second-order valence-electron chi connectivity index (χ2n) is 5.23. The molecule has 90 valence electrons. The number of rotatable bonds is 3. The fraction of sp³-hybridized carbons (Fsp3) is 0.500. The van der Waals surface area contributed by atoms with E-state index in [1.54, 1.807) is 0 Å². The third kappa shape index (κ3) is 1.90. The zero-order valence-corrected chi connectivity index (χ0v) is 9.96. The van der Waals surface area contributed by atoms with E-state index in [0.29, 0.717) is 0 Å². The van der Waals surface area contributed by atoms with Crippen LogP contribution in [-0.4, -0.2) is 6.03 Å². The van der Waals surface area contributed by atoms with Gasteiger partial charge in [0.2, 0.25) is 0 Å². The van der Waals surface area contributed by atoms with Gasteiger partial charge in [0.15, 0.2) is 0 Å². The van der Waals surface area contributed by atoms with Gasteiger partial charge in [-0.3, -0.25) is 0 Å². The van der Waals surface area contributed by atoms with Gasteiger partial charge in [-0.2, -0.15) is 0 Å². The molecule has 3 heteroatoms. The van der Waals surface area contributed by atoms with Crippen LogP contribution in [0.25, 0.3) is 0 Å². The molecule has 17 heavy (non-hydrogen) atoms. The molecule has 1 saturated carbocycles. The average molecular weight is 230 g/mol. The molecule has 1 aromatic carbocycles. The Bertz CT molecular complexity index is 464. The smallest absolute Gasteiger partial charge is 0.316 e. The number of fused-ring (bicyclic) bond motifs is 1. The molecule has 2 amide bonds. The van der Waals surface area contributed by atoms with Crippen molar-refractivity contribution < 1.29 is 4.79 Å². The molecule has 0 atom stereocenters. The quantitative estimate of drug-likeness (QED) is 0.824. The Morgan fingerprint density at radius 2 is 2.18 bits per heavy atom. The predicted molar refractivity (Wildman–Crippen MR) is 68.1 cm³/mol. The van der Waals surface area contributed by atoms with E-state index in [4.69, 9.17) is 5.73 Å². The van der Waals surface area contributed by atoms with Gasteiger partial charge in [-0.25, -0.2) is 4.79 Å². The number of benzene rings is 1. The van der Waals surface area contributed by atoms with Gasteiger partial charge in [0.25, 0.3) is 0 Å². The van der Waals surface area contributed by atoms with Gasteiger partial charge in [0, 0.05) is 5.69 Å². The second-order valence-corrected chi connectivity index (χ2v) is 5.23. The third-order valence-electron chi connectivity index (χ3n) is 4.12. The lowest BCUT2D eigenvalue weighted by Gasteiger charge is -2.29. The summed E-state index contributed by atoms with van der Waals surface area (Å²) in [7, 11) is 0. The molecule has 3 N–H and O–H groups in total. The Hall–Kier alpha value is -1.51. The fourth-order valence-corrected chi connectivity index (χ4v) is 2.80. The summed E-state index contributed by atoms with van der Waals surface area (Å²) < 4.78 is 0. The van der Waals surface area contributed by atoms with Crippen molar-refractivity contribution in [1.29, 1.82) is 0 Å². The Kier molecular flexibility index (Phi) is 2.54. The zero-order chi connectivity index (χ0) is 11.8. The van der Waals surface area contributed by atoms with Gasteiger partial charge < -0.3 is 11.1 Å². The number of urea groups is 1. The van der Waals surface area contributed by atoms with Crippen molar-refractivity contribution in [2.75, 3.05) is 5.32 Å². The first kappa shape index (κ1) is 10.6. The molecule has 1 fully saturated rings. The molecule has 0 spiro atoms. The van der Waals surface area contributed by atoms with Crippen molar-refractivity contribution >= 4 is 11.7 Å². The molecule has 0 unspecified atom stereocenters. The molecule has 0 radical (unpaired) electrons. The Morgan fingerprint density at radius 1 is 1.35 bits per heavy atom. The van der Waals surface area contributed by atoms with Gasteiger partial charge in [-0.15, -0.1) is 0 Å². The molecule has 0 aliphatic heterocycles. The molecular formula is C14H18N2O. The summed E-state index contributed by atoms with van der Waals surface area (Å²) in [4.78, 5) is 11.1.